The molecule has 2 aromatic rings. The normalized spacial score (nSPS) is 11.2. The fourth-order valence-corrected chi connectivity index (χ4v) is 1.56. The summed E-state index contributed by atoms with van der Waals surface area (Å²) in [5.41, 5.74) is -0.496. The van der Waals surface area contributed by atoms with Gasteiger partial charge in [0.05, 0.1) is 17.4 Å². The number of alkyl halides is 3. The van der Waals surface area contributed by atoms with Gasteiger partial charge >= 0.3 is 12.2 Å². The van der Waals surface area contributed by atoms with Crippen LogP contribution >= 0.6 is 0 Å². The van der Waals surface area contributed by atoms with E-state index in [-0.39, 0.29) is 5.82 Å². The monoisotopic (exact) mass is 299 g/mol. The Bertz CT molecular complexity index is 638. The fraction of sp³-hybridized carbons (Fsp3) is 0.250. The maximum absolute atomic E-state index is 12.5. The predicted molar refractivity (Wildman–Crippen MR) is 69.1 cm³/mol. The Hall–Kier alpha value is -2.58. The average molecular weight is 299 g/mol. The first-order chi connectivity index (χ1) is 9.90. The molecule has 0 spiro atoms. The molecule has 0 fully saturated rings. The summed E-state index contributed by atoms with van der Waals surface area (Å²) in [6.45, 7) is 2.20. The number of carbonyl (C=O) groups excluding carboxylic acids is 1. The van der Waals surface area contributed by atoms with Crippen LogP contribution in [0.4, 0.5) is 23.8 Å². The van der Waals surface area contributed by atoms with Crippen molar-refractivity contribution in [2.24, 2.45) is 0 Å². The number of urea groups is 1. The van der Waals surface area contributed by atoms with Gasteiger partial charge in [-0.25, -0.2) is 14.5 Å². The van der Waals surface area contributed by atoms with E-state index in [1.165, 1.54) is 18.3 Å². The number of hydrogen-bond acceptors (Lipinski definition) is 3. The third-order valence-corrected chi connectivity index (χ3v) is 2.50. The summed E-state index contributed by atoms with van der Waals surface area (Å²) in [5, 5.41) is 8.63. The smallest absolute Gasteiger partial charge is 0.338 e. The summed E-state index contributed by atoms with van der Waals surface area (Å²) < 4.78 is 38.6. The molecule has 0 aliphatic rings. The zero-order valence-electron chi connectivity index (χ0n) is 11.0. The molecular weight excluding hydrogens is 287 g/mol. The highest BCUT2D eigenvalue weighted by molar-refractivity contribution is 5.88. The van der Waals surface area contributed by atoms with E-state index in [1.807, 2.05) is 0 Å². The Kier molecular flexibility index (Phi) is 4.10. The summed E-state index contributed by atoms with van der Waals surface area (Å²) in [4.78, 5) is 15.3. The van der Waals surface area contributed by atoms with Gasteiger partial charge in [0.15, 0.2) is 0 Å². The van der Waals surface area contributed by atoms with E-state index in [9.17, 15) is 18.0 Å². The molecule has 0 unspecified atom stereocenters. The second-order valence-corrected chi connectivity index (χ2v) is 4.06. The Morgan fingerprint density at radius 1 is 1.43 bits per heavy atom. The number of rotatable bonds is 3. The van der Waals surface area contributed by atoms with Crippen LogP contribution in [-0.4, -0.2) is 27.3 Å². The number of aromatic nitrogens is 3. The molecule has 2 N–H and O–H groups in total. The van der Waals surface area contributed by atoms with Crippen molar-refractivity contribution in [2.45, 2.75) is 13.1 Å². The lowest BCUT2D eigenvalue weighted by molar-refractivity contribution is -0.137. The number of halogens is 3. The van der Waals surface area contributed by atoms with Gasteiger partial charge in [0.25, 0.3) is 0 Å². The predicted octanol–water partition coefficient (Wildman–Crippen LogP) is 2.43. The molecule has 0 radical (unpaired) electrons. The molecule has 0 bridgehead atoms. The quantitative estimate of drug-likeness (QED) is 0.914. The van der Waals surface area contributed by atoms with Crippen molar-refractivity contribution in [3.8, 4) is 5.69 Å². The maximum atomic E-state index is 12.5. The van der Waals surface area contributed by atoms with E-state index in [0.717, 1.165) is 17.1 Å². The van der Waals surface area contributed by atoms with Gasteiger partial charge in [0, 0.05) is 25.0 Å². The van der Waals surface area contributed by atoms with Crippen molar-refractivity contribution in [1.82, 2.24) is 20.1 Å². The number of pyridine rings is 1. The van der Waals surface area contributed by atoms with Crippen molar-refractivity contribution >= 4 is 11.8 Å². The first-order valence-corrected chi connectivity index (χ1v) is 6.03. The van der Waals surface area contributed by atoms with Crippen LogP contribution in [0, 0.1) is 0 Å². The van der Waals surface area contributed by atoms with Crippen LogP contribution in [0.2, 0.25) is 0 Å². The third kappa shape index (κ3) is 3.71. The maximum Gasteiger partial charge on any atom is 0.419 e. The van der Waals surface area contributed by atoms with Crippen LogP contribution < -0.4 is 10.6 Å². The van der Waals surface area contributed by atoms with Gasteiger partial charge in [0.1, 0.15) is 5.82 Å². The molecule has 2 heterocycles. The lowest BCUT2D eigenvalue weighted by Gasteiger charge is -2.07. The zero-order chi connectivity index (χ0) is 15.5. The molecular formula is C12H12F3N5O. The summed E-state index contributed by atoms with van der Waals surface area (Å²) in [6, 6.07) is 2.46. The molecule has 2 amide bonds. The molecule has 21 heavy (non-hydrogen) atoms. The fourth-order valence-electron chi connectivity index (χ4n) is 1.56. The van der Waals surface area contributed by atoms with Crippen molar-refractivity contribution < 1.29 is 18.0 Å². The van der Waals surface area contributed by atoms with Gasteiger partial charge in [-0.1, -0.05) is 0 Å². The largest absolute Gasteiger partial charge is 0.419 e. The molecule has 0 saturated heterocycles. The van der Waals surface area contributed by atoms with Crippen LogP contribution in [0.5, 0.6) is 0 Å². The molecule has 2 aromatic heterocycles. The van der Waals surface area contributed by atoms with Gasteiger partial charge < -0.3 is 5.32 Å². The van der Waals surface area contributed by atoms with Gasteiger partial charge in [0.2, 0.25) is 0 Å². The first-order valence-electron chi connectivity index (χ1n) is 6.03. The number of carbonyl (C=O) groups is 1. The van der Waals surface area contributed by atoms with Crippen LogP contribution in [0.3, 0.4) is 0 Å². The topological polar surface area (TPSA) is 71.8 Å². The number of amides is 2. The SMILES string of the molecule is CCNC(=O)Nc1cc(-n2cc(C(F)(F)F)cn2)ccn1. The lowest BCUT2D eigenvalue weighted by Crippen LogP contribution is -2.28. The van der Waals surface area contributed by atoms with E-state index in [2.05, 4.69) is 20.7 Å². The van der Waals surface area contributed by atoms with Gasteiger partial charge in [-0.3, -0.25) is 5.32 Å². The van der Waals surface area contributed by atoms with Gasteiger partial charge in [-0.15, -0.1) is 0 Å². The highest BCUT2D eigenvalue weighted by atomic mass is 19.4. The Labute approximate surface area is 118 Å². The van der Waals surface area contributed by atoms with Crippen LogP contribution in [0.25, 0.3) is 5.69 Å². The molecule has 0 aliphatic carbocycles. The van der Waals surface area contributed by atoms with E-state index in [1.54, 1.807) is 6.92 Å². The molecule has 0 aromatic carbocycles. The molecule has 0 aliphatic heterocycles. The summed E-state index contributed by atoms with van der Waals surface area (Å²) in [7, 11) is 0. The highest BCUT2D eigenvalue weighted by Crippen LogP contribution is 2.29. The highest BCUT2D eigenvalue weighted by Gasteiger charge is 2.32. The zero-order valence-corrected chi connectivity index (χ0v) is 11.0. The molecule has 6 nitrogen and oxygen atoms in total. The van der Waals surface area contributed by atoms with E-state index in [4.69, 9.17) is 0 Å². The Balaban J connectivity index is 2.21. The summed E-state index contributed by atoms with van der Waals surface area (Å²) >= 11 is 0. The molecule has 2 rings (SSSR count). The van der Waals surface area contributed by atoms with Crippen LogP contribution in [0.15, 0.2) is 30.7 Å². The second kappa shape index (κ2) is 5.81. The Morgan fingerprint density at radius 3 is 2.81 bits per heavy atom. The van der Waals surface area contributed by atoms with Crippen molar-refractivity contribution in [3.63, 3.8) is 0 Å². The van der Waals surface area contributed by atoms with Gasteiger partial charge in [-0.2, -0.15) is 18.3 Å². The third-order valence-electron chi connectivity index (χ3n) is 2.50. The molecule has 0 atom stereocenters. The molecule has 0 saturated carbocycles. The van der Waals surface area contributed by atoms with Crippen molar-refractivity contribution in [1.29, 1.82) is 0 Å². The van der Waals surface area contributed by atoms with Gasteiger partial charge in [-0.05, 0) is 13.0 Å². The minimum Gasteiger partial charge on any atom is -0.338 e. The van der Waals surface area contributed by atoms with E-state index >= 15 is 0 Å². The number of nitrogens with one attached hydrogen (secondary N) is 2. The van der Waals surface area contributed by atoms with E-state index < -0.39 is 17.8 Å². The second-order valence-electron chi connectivity index (χ2n) is 4.06. The van der Waals surface area contributed by atoms with Crippen molar-refractivity contribution in [2.75, 3.05) is 11.9 Å². The summed E-state index contributed by atoms with van der Waals surface area (Å²) in [6.07, 6.45) is -1.48. The molecule has 9 heteroatoms. The Morgan fingerprint density at radius 2 is 2.19 bits per heavy atom. The summed E-state index contributed by atoms with van der Waals surface area (Å²) in [5.74, 6) is 0.211. The first kappa shape index (κ1) is 14.8. The van der Waals surface area contributed by atoms with Crippen LogP contribution in [0.1, 0.15) is 12.5 Å². The minimum absolute atomic E-state index is 0.211. The van der Waals surface area contributed by atoms with Crippen molar-refractivity contribution in [3.05, 3.63) is 36.3 Å². The molecule has 112 valence electrons. The minimum atomic E-state index is -4.45. The lowest BCUT2D eigenvalue weighted by atomic mass is 10.3. The van der Waals surface area contributed by atoms with Crippen LogP contribution in [-0.2, 0) is 6.18 Å². The number of nitrogens with zero attached hydrogens (tertiary/aromatic N) is 3. The standard InChI is InChI=1S/C12H12F3N5O/c1-2-16-11(21)19-10-5-9(3-4-17-10)20-7-8(6-18-20)12(13,14)15/h3-7H,2H2,1H3,(H2,16,17,19,21). The van der Waals surface area contributed by atoms with E-state index in [0.29, 0.717) is 12.2 Å². The number of anilines is 1. The number of hydrogen-bond donors (Lipinski definition) is 2. The average Bonchev–Trinajstić information content (AvgIpc) is 2.88.